The van der Waals surface area contributed by atoms with Gasteiger partial charge in [-0.25, -0.2) is 0 Å². The molecule has 0 amide bonds. The molecule has 0 bridgehead atoms. The average Bonchev–Trinajstić information content (AvgIpc) is 2.28. The van der Waals surface area contributed by atoms with Crippen molar-refractivity contribution >= 4 is 70.4 Å². The summed E-state index contributed by atoms with van der Waals surface area (Å²) < 4.78 is 104. The smallest absolute Gasteiger partial charge is 0.790 e. The van der Waals surface area contributed by atoms with E-state index >= 15 is 0 Å². The van der Waals surface area contributed by atoms with Crippen LogP contribution in [0.5, 0.6) is 0 Å². The fraction of sp³-hybridized carbons (Fsp3) is 0. The van der Waals surface area contributed by atoms with Crippen molar-refractivity contribution in [3.05, 3.63) is 0 Å². The molecular formula is Mn5O30P9. The Morgan fingerprint density at radius 3 is 0.341 bits per heavy atom. The summed E-state index contributed by atoms with van der Waals surface area (Å²) in [6.07, 6.45) is 0. The van der Waals surface area contributed by atoms with Crippen molar-refractivity contribution in [3.63, 3.8) is 0 Å². The Morgan fingerprint density at radius 2 is 0.295 bits per heavy atom. The van der Waals surface area contributed by atoms with Gasteiger partial charge in [-0.05, 0) is 0 Å². The van der Waals surface area contributed by atoms with E-state index in [-0.39, 0.29) is 85.3 Å². The summed E-state index contributed by atoms with van der Waals surface area (Å²) in [6.45, 7) is 0. The van der Waals surface area contributed by atoms with Crippen LogP contribution < -0.4 is 73.4 Å². The predicted molar refractivity (Wildman–Crippen MR) is 75.0 cm³/mol. The topological polar surface area (TPSA) is 555 Å². The normalized spacial score (nSPS) is 12.9. The van der Waals surface area contributed by atoms with Gasteiger partial charge in [0.25, 0.3) is 23.5 Å². The van der Waals surface area contributed by atoms with Gasteiger partial charge < -0.3 is 101 Å². The Morgan fingerprint density at radius 1 is 0.227 bits per heavy atom. The van der Waals surface area contributed by atoms with E-state index in [1.165, 1.54) is 0 Å². The van der Waals surface area contributed by atoms with Gasteiger partial charge in [-0.3, -0.25) is 39.6 Å². The van der Waals surface area contributed by atoms with Gasteiger partial charge in [-0.2, -0.15) is 0 Å². The Bertz CT molecular complexity index is 991. The van der Waals surface area contributed by atoms with Crippen LogP contribution in [0.15, 0.2) is 0 Å². The zero-order valence-electron chi connectivity index (χ0n) is 18.2. The Labute approximate surface area is 294 Å². The summed E-state index contributed by atoms with van der Waals surface area (Å²) >= 11 is 0. The van der Waals surface area contributed by atoms with Crippen LogP contribution in [0.4, 0.5) is 0 Å². The molecule has 0 aliphatic heterocycles. The molecule has 0 aliphatic carbocycles. The minimum atomic E-state index is -5.97. The molecule has 0 fully saturated rings. The predicted octanol–water partition coefficient (Wildman–Crippen LogP) is -11.6. The number of hydrogen-bond acceptors (Lipinski definition) is 30. The van der Waals surface area contributed by atoms with Crippen LogP contribution in [0, 0.1) is 0 Å². The molecule has 44 heteroatoms. The van der Waals surface area contributed by atoms with Crippen LogP contribution in [-0.4, -0.2) is 0 Å². The molecular weight excluding hydrogens is 1030 g/mol. The summed E-state index contributed by atoms with van der Waals surface area (Å²) in [4.78, 5) is 146. The van der Waals surface area contributed by atoms with Crippen molar-refractivity contribution in [1.82, 2.24) is 0 Å². The Kier molecular flexibility index (Phi) is 36.3. The second kappa shape index (κ2) is 24.1. The molecule has 0 rings (SSSR count). The van der Waals surface area contributed by atoms with Gasteiger partial charge in [0.15, 0.2) is 0 Å². The van der Waals surface area contributed by atoms with Crippen LogP contribution in [0.3, 0.4) is 0 Å². The molecule has 0 aliphatic rings. The molecule has 0 aromatic rings. The minimum Gasteiger partial charge on any atom is -0.790 e. The summed E-state index contributed by atoms with van der Waals surface area (Å²) in [5.74, 6) is 0. The van der Waals surface area contributed by atoms with Crippen molar-refractivity contribution in [1.29, 1.82) is 0 Å². The number of rotatable bonds is 12. The van der Waals surface area contributed by atoms with Crippen LogP contribution >= 0.6 is 70.4 Å². The molecule has 0 aromatic carbocycles. The third-order valence-corrected chi connectivity index (χ3v) is 10.8. The minimum absolute atomic E-state index is 0. The summed E-state index contributed by atoms with van der Waals surface area (Å²) in [5.41, 5.74) is 0. The molecule has 0 saturated heterocycles. The monoisotopic (exact) mass is 1030 g/mol. The van der Waals surface area contributed by atoms with E-state index in [1.54, 1.807) is 0 Å². The molecule has 0 N–H and O–H groups in total. The Balaban J connectivity index is -0.0000000697. The van der Waals surface area contributed by atoms with Crippen molar-refractivity contribution in [2.75, 3.05) is 0 Å². The van der Waals surface area contributed by atoms with Crippen molar-refractivity contribution < 1.29 is 226 Å². The summed E-state index contributed by atoms with van der Waals surface area (Å²) in [7, 11) is -53.7. The van der Waals surface area contributed by atoms with E-state index in [1.807, 2.05) is 0 Å². The van der Waals surface area contributed by atoms with Gasteiger partial charge in [0.2, 0.25) is 0 Å². The van der Waals surface area contributed by atoms with Crippen LogP contribution in [0.1, 0.15) is 0 Å². The third kappa shape index (κ3) is 58.1. The van der Waals surface area contributed by atoms with E-state index < -0.39 is 70.4 Å². The maximum absolute atomic E-state index is 10.1. The fourth-order valence-corrected chi connectivity index (χ4v) is 7.82. The molecule has 0 unspecified atom stereocenters. The van der Waals surface area contributed by atoms with Crippen molar-refractivity contribution in [2.45, 2.75) is 0 Å². The molecule has 0 atom stereocenters. The molecule has 0 aromatic heterocycles. The fourth-order valence-electron chi connectivity index (χ4n) is 0.780. The van der Waals surface area contributed by atoms with Crippen molar-refractivity contribution in [3.8, 4) is 0 Å². The van der Waals surface area contributed by atoms with E-state index in [9.17, 15) is 114 Å². The van der Waals surface area contributed by atoms with E-state index in [2.05, 4.69) is 25.9 Å². The summed E-state index contributed by atoms with van der Waals surface area (Å²) in [6, 6.07) is 0. The second-order valence-electron chi connectivity index (χ2n) is 4.51. The number of phosphoric acid groups is 9. The van der Waals surface area contributed by atoms with Gasteiger partial charge >= 0.3 is 85.3 Å². The molecule has 0 spiro atoms. The maximum Gasteiger partial charge on any atom is 3.00 e. The van der Waals surface area contributed by atoms with Crippen LogP contribution in [-0.2, 0) is 152 Å². The third-order valence-electron chi connectivity index (χ3n) is 1.20. The first-order chi connectivity index (χ1) is 16.2. The van der Waals surface area contributed by atoms with E-state index in [0.717, 1.165) is 0 Å². The zero-order chi connectivity index (χ0) is 32.7. The largest absolute Gasteiger partial charge is 3.00 e. The van der Waals surface area contributed by atoms with Crippen molar-refractivity contribution in [2.24, 2.45) is 0 Å². The first-order valence-electron chi connectivity index (χ1n) is 6.57. The average molecular weight is 1030 g/mol. The quantitative estimate of drug-likeness (QED) is 0.129. The molecule has 0 heterocycles. The zero-order valence-corrected chi connectivity index (χ0v) is 32.1. The Hall–Kier alpha value is 3.83. The van der Waals surface area contributed by atoms with E-state index in [0.29, 0.717) is 0 Å². The van der Waals surface area contributed by atoms with E-state index in [4.69, 9.17) is 0 Å². The van der Waals surface area contributed by atoms with Gasteiger partial charge in [0.05, 0.1) is 46.9 Å². The summed E-state index contributed by atoms with van der Waals surface area (Å²) in [5, 5.41) is 0. The molecule has 30 nitrogen and oxygen atoms in total. The SMILES string of the molecule is O=P([O-])([O-])OP(=O)([O-])OP(=O)([O-])[O-].O=P([O-])([O-])OP(=O)([O-])OP(=O)([O-])[O-].O=P([O-])([O-])OP(=O)([O-])OP(=O)([O-])[O-].[Mn+3].[Mn+3].[Mn+3].[Mn+3].[Mn+3]. The van der Waals surface area contributed by atoms with Gasteiger partial charge in [-0.15, -0.1) is 0 Å². The first-order valence-corrected chi connectivity index (χ1v) is 19.7. The van der Waals surface area contributed by atoms with Crippen LogP contribution in [0.25, 0.3) is 0 Å². The molecule has 0 radical (unpaired) electrons. The van der Waals surface area contributed by atoms with Crippen LogP contribution in [0.2, 0.25) is 0 Å². The molecule has 44 heavy (non-hydrogen) atoms. The van der Waals surface area contributed by atoms with Gasteiger partial charge in [0.1, 0.15) is 0 Å². The van der Waals surface area contributed by atoms with Gasteiger partial charge in [-0.1, -0.05) is 0 Å². The molecule has 260 valence electrons. The molecule has 0 saturated carbocycles. The second-order valence-corrected chi connectivity index (χ2v) is 16.5. The standard InChI is InChI=1S/5Mn.3H5O10P3/c;;;;;3*1-11(2,3)9-13(7,8)10-12(4,5)6/h;;;;;3*(H,7,8)(H2,1,2,3)(H2,4,5,6)/q5*+3;;;/p-15. The number of hydrogen-bond donors (Lipinski definition) is 0. The van der Waals surface area contributed by atoms with Gasteiger partial charge in [0, 0.05) is 0 Å². The first kappa shape index (κ1) is 66.1. The maximum atomic E-state index is 10.1.